The zero-order valence-corrected chi connectivity index (χ0v) is 14.7. The van der Waals surface area contributed by atoms with Gasteiger partial charge in [0.05, 0.1) is 15.9 Å². The molecule has 0 saturated heterocycles. The van der Waals surface area contributed by atoms with E-state index in [1.165, 1.54) is 18.2 Å². The fraction of sp³-hybridized carbons (Fsp3) is 0.462. The lowest BCUT2D eigenvalue weighted by Crippen LogP contribution is -2.43. The number of nitrogens with zero attached hydrogens (tertiary/aromatic N) is 1. The molecular formula is C13H21ClN4O5S. The molecule has 1 rings (SSSR count). The number of carbonyl (C=O) groups excluding carboxylic acids is 1. The zero-order valence-electron chi connectivity index (χ0n) is 13.1. The normalized spacial score (nSPS) is 12.1. The topological polar surface area (TPSA) is 144 Å². The van der Waals surface area contributed by atoms with Gasteiger partial charge in [-0.1, -0.05) is 19.4 Å². The van der Waals surface area contributed by atoms with Crippen LogP contribution in [0.15, 0.2) is 29.2 Å². The van der Waals surface area contributed by atoms with Gasteiger partial charge in [-0.2, -0.15) is 0 Å². The number of amides is 1. The van der Waals surface area contributed by atoms with Gasteiger partial charge in [0.1, 0.15) is 0 Å². The number of nitrogens with two attached hydrogens (primary N) is 1. The van der Waals surface area contributed by atoms with E-state index in [4.69, 9.17) is 5.73 Å². The molecule has 1 aromatic carbocycles. The number of hydrogen-bond acceptors (Lipinski definition) is 6. The van der Waals surface area contributed by atoms with E-state index in [9.17, 15) is 23.3 Å². The van der Waals surface area contributed by atoms with Crippen LogP contribution >= 0.6 is 12.4 Å². The third-order valence-corrected chi connectivity index (χ3v) is 4.45. The molecule has 1 unspecified atom stereocenters. The Kier molecular flexibility index (Phi) is 9.44. The molecule has 9 nitrogen and oxygen atoms in total. The number of nitro groups is 1. The molecular weight excluding hydrogens is 360 g/mol. The highest BCUT2D eigenvalue weighted by Gasteiger charge is 2.17. The molecule has 136 valence electrons. The molecule has 0 aliphatic heterocycles. The number of rotatable bonds is 9. The first-order valence-corrected chi connectivity index (χ1v) is 8.53. The number of benzene rings is 1. The minimum atomic E-state index is -3.88. The van der Waals surface area contributed by atoms with Crippen LogP contribution in [0.2, 0.25) is 0 Å². The predicted molar refractivity (Wildman–Crippen MR) is 91.4 cm³/mol. The minimum absolute atomic E-state index is 0. The van der Waals surface area contributed by atoms with Gasteiger partial charge in [-0.25, -0.2) is 13.1 Å². The summed E-state index contributed by atoms with van der Waals surface area (Å²) in [6, 6.07) is 4.10. The molecule has 0 fully saturated rings. The number of sulfonamides is 1. The Morgan fingerprint density at radius 1 is 1.38 bits per heavy atom. The monoisotopic (exact) mass is 380 g/mol. The quantitative estimate of drug-likeness (QED) is 0.324. The van der Waals surface area contributed by atoms with E-state index in [0.717, 1.165) is 12.5 Å². The smallest absolute Gasteiger partial charge is 0.270 e. The number of nitro benzene ring substituents is 1. The van der Waals surface area contributed by atoms with E-state index in [1.54, 1.807) is 0 Å². The summed E-state index contributed by atoms with van der Waals surface area (Å²) in [7, 11) is -3.88. The van der Waals surface area contributed by atoms with Crippen molar-refractivity contribution >= 4 is 34.0 Å². The average molecular weight is 381 g/mol. The van der Waals surface area contributed by atoms with E-state index >= 15 is 0 Å². The second kappa shape index (κ2) is 10.2. The molecule has 0 heterocycles. The average Bonchev–Trinajstić information content (AvgIpc) is 2.51. The van der Waals surface area contributed by atoms with E-state index < -0.39 is 21.0 Å². The first-order chi connectivity index (χ1) is 10.8. The van der Waals surface area contributed by atoms with Crippen molar-refractivity contribution in [1.29, 1.82) is 0 Å². The van der Waals surface area contributed by atoms with Gasteiger partial charge in [0, 0.05) is 25.2 Å². The van der Waals surface area contributed by atoms with Crippen molar-refractivity contribution in [2.24, 2.45) is 5.73 Å². The van der Waals surface area contributed by atoms with E-state index in [1.807, 2.05) is 6.92 Å². The number of carbonyl (C=O) groups is 1. The van der Waals surface area contributed by atoms with Crippen LogP contribution < -0.4 is 15.8 Å². The maximum absolute atomic E-state index is 12.0. The SMILES string of the molecule is CCCC(N)C(=O)NCCNS(=O)(=O)c1cccc([N+](=O)[O-])c1.Cl. The summed E-state index contributed by atoms with van der Waals surface area (Å²) in [5, 5.41) is 13.2. The molecule has 0 bridgehead atoms. The lowest BCUT2D eigenvalue weighted by atomic mass is 10.2. The molecule has 24 heavy (non-hydrogen) atoms. The Morgan fingerprint density at radius 3 is 2.62 bits per heavy atom. The molecule has 1 atom stereocenters. The van der Waals surface area contributed by atoms with Crippen LogP contribution in [-0.2, 0) is 14.8 Å². The molecule has 0 spiro atoms. The number of halogens is 1. The second-order valence-corrected chi connectivity index (χ2v) is 6.61. The number of non-ortho nitro benzene ring substituents is 1. The highest BCUT2D eigenvalue weighted by atomic mass is 35.5. The Morgan fingerprint density at radius 2 is 2.04 bits per heavy atom. The number of hydrogen-bond donors (Lipinski definition) is 3. The van der Waals surface area contributed by atoms with Crippen LogP contribution in [0.4, 0.5) is 5.69 Å². The molecule has 0 aliphatic carbocycles. The Hall–Kier alpha value is -1.75. The maximum Gasteiger partial charge on any atom is 0.270 e. The van der Waals surface area contributed by atoms with Crippen LogP contribution in [0.5, 0.6) is 0 Å². The first kappa shape index (κ1) is 22.2. The largest absolute Gasteiger partial charge is 0.353 e. The van der Waals surface area contributed by atoms with Gasteiger partial charge in [-0.3, -0.25) is 14.9 Å². The highest BCUT2D eigenvalue weighted by Crippen LogP contribution is 2.16. The fourth-order valence-corrected chi connectivity index (χ4v) is 2.86. The third-order valence-electron chi connectivity index (χ3n) is 2.99. The van der Waals surface area contributed by atoms with Crippen molar-refractivity contribution in [3.63, 3.8) is 0 Å². The van der Waals surface area contributed by atoms with Crippen molar-refractivity contribution < 1.29 is 18.1 Å². The second-order valence-electron chi connectivity index (χ2n) is 4.84. The van der Waals surface area contributed by atoms with E-state index in [-0.39, 0.29) is 42.0 Å². The standard InChI is InChI=1S/C13H20N4O5S.ClH/c1-2-4-12(14)13(18)15-7-8-16-23(21,22)11-6-3-5-10(9-11)17(19)20;/h3,5-6,9,12,16H,2,4,7-8,14H2,1H3,(H,15,18);1H. The summed E-state index contributed by atoms with van der Waals surface area (Å²) in [5.41, 5.74) is 5.30. The molecule has 1 amide bonds. The van der Waals surface area contributed by atoms with E-state index in [2.05, 4.69) is 10.0 Å². The van der Waals surface area contributed by atoms with Gasteiger partial charge in [0.15, 0.2) is 0 Å². The fourth-order valence-electron chi connectivity index (χ4n) is 1.79. The minimum Gasteiger partial charge on any atom is -0.353 e. The molecule has 0 radical (unpaired) electrons. The highest BCUT2D eigenvalue weighted by molar-refractivity contribution is 7.89. The molecule has 0 saturated carbocycles. The summed E-state index contributed by atoms with van der Waals surface area (Å²) in [6.45, 7) is 1.93. The van der Waals surface area contributed by atoms with Gasteiger partial charge >= 0.3 is 0 Å². The lowest BCUT2D eigenvalue weighted by Gasteiger charge is -2.11. The van der Waals surface area contributed by atoms with Crippen LogP contribution in [-0.4, -0.2) is 38.4 Å². The first-order valence-electron chi connectivity index (χ1n) is 7.05. The lowest BCUT2D eigenvalue weighted by molar-refractivity contribution is -0.385. The van der Waals surface area contributed by atoms with Crippen molar-refractivity contribution in [3.05, 3.63) is 34.4 Å². The van der Waals surface area contributed by atoms with Crippen molar-refractivity contribution in [2.75, 3.05) is 13.1 Å². The van der Waals surface area contributed by atoms with Crippen LogP contribution in [0.3, 0.4) is 0 Å². The van der Waals surface area contributed by atoms with Crippen LogP contribution in [0.1, 0.15) is 19.8 Å². The zero-order chi connectivity index (χ0) is 17.5. The summed E-state index contributed by atoms with van der Waals surface area (Å²) >= 11 is 0. The predicted octanol–water partition coefficient (Wildman–Crippen LogP) is 0.539. The number of nitrogens with one attached hydrogen (secondary N) is 2. The molecule has 0 aliphatic rings. The summed E-state index contributed by atoms with van der Waals surface area (Å²) < 4.78 is 26.3. The van der Waals surface area contributed by atoms with Gasteiger partial charge in [0.25, 0.3) is 5.69 Å². The molecule has 1 aromatic rings. The summed E-state index contributed by atoms with van der Waals surface area (Å²) in [5.74, 6) is -0.346. The van der Waals surface area contributed by atoms with Crippen molar-refractivity contribution in [1.82, 2.24) is 10.0 Å². The van der Waals surface area contributed by atoms with Crippen LogP contribution in [0.25, 0.3) is 0 Å². The Balaban J connectivity index is 0.00000529. The van der Waals surface area contributed by atoms with Crippen LogP contribution in [0, 0.1) is 10.1 Å². The maximum atomic E-state index is 12.0. The van der Waals surface area contributed by atoms with E-state index in [0.29, 0.717) is 6.42 Å². The summed E-state index contributed by atoms with van der Waals surface area (Å²) in [6.07, 6.45) is 1.32. The van der Waals surface area contributed by atoms with Gasteiger partial charge in [0.2, 0.25) is 15.9 Å². The van der Waals surface area contributed by atoms with Gasteiger partial charge in [-0.05, 0) is 12.5 Å². The molecule has 0 aromatic heterocycles. The van der Waals surface area contributed by atoms with Crippen molar-refractivity contribution in [3.8, 4) is 0 Å². The summed E-state index contributed by atoms with van der Waals surface area (Å²) in [4.78, 5) is 21.3. The van der Waals surface area contributed by atoms with Gasteiger partial charge in [-0.15, -0.1) is 12.4 Å². The molecule has 4 N–H and O–H groups in total. The third kappa shape index (κ3) is 6.79. The van der Waals surface area contributed by atoms with Gasteiger partial charge < -0.3 is 11.1 Å². The van der Waals surface area contributed by atoms with Crippen molar-refractivity contribution in [2.45, 2.75) is 30.7 Å². The Labute approximate surface area is 146 Å². The Bertz CT molecular complexity index is 668. The molecule has 11 heteroatoms.